The molecule has 3 aromatic rings. The number of aromatic nitrogens is 2. The molecular weight excluding hydrogens is 463 g/mol. The standard InChI is InChI=1S/C22H21ClF3N3O2S/c1-13(2)9-10-29-20(31)15-5-3-4-6-17(15)28-21(29)32-12-19(30)27-18-8-7-14(23)11-16(18)22(24,25)26/h3-8,11,13H,9-10,12H2,1-2H3,(H,27,30). The van der Waals surface area contributed by atoms with Gasteiger partial charge in [-0.25, -0.2) is 4.98 Å². The van der Waals surface area contributed by atoms with Gasteiger partial charge in [-0.3, -0.25) is 14.2 Å². The molecule has 0 saturated heterocycles. The van der Waals surface area contributed by atoms with Crippen LogP contribution in [0.15, 0.2) is 52.4 Å². The van der Waals surface area contributed by atoms with E-state index in [0.717, 1.165) is 30.3 Å². The van der Waals surface area contributed by atoms with Gasteiger partial charge in [0.25, 0.3) is 5.56 Å². The molecule has 2 aromatic carbocycles. The van der Waals surface area contributed by atoms with Gasteiger partial charge in [0.05, 0.1) is 27.9 Å². The summed E-state index contributed by atoms with van der Waals surface area (Å²) in [6.07, 6.45) is -3.93. The van der Waals surface area contributed by atoms with Crippen molar-refractivity contribution in [3.8, 4) is 0 Å². The lowest BCUT2D eigenvalue weighted by atomic mass is 10.1. The molecule has 0 aliphatic rings. The van der Waals surface area contributed by atoms with Crippen molar-refractivity contribution in [2.45, 2.75) is 38.1 Å². The van der Waals surface area contributed by atoms with Crippen molar-refractivity contribution in [2.75, 3.05) is 11.1 Å². The number of benzene rings is 2. The summed E-state index contributed by atoms with van der Waals surface area (Å²) < 4.78 is 41.3. The highest BCUT2D eigenvalue weighted by atomic mass is 35.5. The Bertz CT molecular complexity index is 1200. The number of alkyl halides is 3. The normalized spacial score (nSPS) is 11.8. The summed E-state index contributed by atoms with van der Waals surface area (Å²) in [5.41, 5.74) is -1.12. The number of para-hydroxylation sites is 1. The second kappa shape index (κ2) is 9.95. The Morgan fingerprint density at radius 3 is 2.62 bits per heavy atom. The van der Waals surface area contributed by atoms with Crippen LogP contribution in [0.3, 0.4) is 0 Å². The van der Waals surface area contributed by atoms with Crippen molar-refractivity contribution in [1.82, 2.24) is 9.55 Å². The number of hydrogen-bond acceptors (Lipinski definition) is 4. The van der Waals surface area contributed by atoms with Crippen LogP contribution in [0.5, 0.6) is 0 Å². The van der Waals surface area contributed by atoms with Crippen molar-refractivity contribution < 1.29 is 18.0 Å². The second-order valence-corrected chi connectivity index (χ2v) is 8.95. The van der Waals surface area contributed by atoms with E-state index in [-0.39, 0.29) is 22.0 Å². The van der Waals surface area contributed by atoms with Gasteiger partial charge in [-0.1, -0.05) is 49.3 Å². The van der Waals surface area contributed by atoms with Crippen LogP contribution in [0.4, 0.5) is 18.9 Å². The van der Waals surface area contributed by atoms with Crippen LogP contribution in [0.1, 0.15) is 25.8 Å². The Labute approximate surface area is 192 Å². The van der Waals surface area contributed by atoms with E-state index in [1.165, 1.54) is 10.6 Å². The molecule has 0 fully saturated rings. The van der Waals surface area contributed by atoms with Crippen molar-refractivity contribution in [1.29, 1.82) is 0 Å². The summed E-state index contributed by atoms with van der Waals surface area (Å²) >= 11 is 6.68. The topological polar surface area (TPSA) is 64.0 Å². The molecule has 1 N–H and O–H groups in total. The SMILES string of the molecule is CC(C)CCn1c(SCC(=O)Nc2ccc(Cl)cc2C(F)(F)F)nc2ccccc2c1=O. The smallest absolute Gasteiger partial charge is 0.325 e. The Morgan fingerprint density at radius 1 is 1.22 bits per heavy atom. The molecule has 5 nitrogen and oxygen atoms in total. The average Bonchev–Trinajstić information content (AvgIpc) is 2.72. The fourth-order valence-electron chi connectivity index (χ4n) is 3.02. The summed E-state index contributed by atoms with van der Waals surface area (Å²) in [6, 6.07) is 10.1. The number of rotatable bonds is 7. The van der Waals surface area contributed by atoms with Crippen molar-refractivity contribution in [3.63, 3.8) is 0 Å². The maximum Gasteiger partial charge on any atom is 0.418 e. The van der Waals surface area contributed by atoms with E-state index in [4.69, 9.17) is 11.6 Å². The number of nitrogens with zero attached hydrogens (tertiary/aromatic N) is 2. The molecule has 0 saturated carbocycles. The Balaban J connectivity index is 1.84. The summed E-state index contributed by atoms with van der Waals surface area (Å²) in [4.78, 5) is 29.9. The van der Waals surface area contributed by atoms with Gasteiger partial charge in [0.2, 0.25) is 5.91 Å². The number of amides is 1. The number of halogens is 4. The molecule has 1 heterocycles. The van der Waals surface area contributed by atoms with Crippen LogP contribution in [0.25, 0.3) is 10.9 Å². The fourth-order valence-corrected chi connectivity index (χ4v) is 4.02. The highest BCUT2D eigenvalue weighted by molar-refractivity contribution is 7.99. The van der Waals surface area contributed by atoms with Gasteiger partial charge in [0.15, 0.2) is 5.16 Å². The third-order valence-corrected chi connectivity index (χ3v) is 5.86. The van der Waals surface area contributed by atoms with E-state index in [1.807, 2.05) is 13.8 Å². The number of carbonyl (C=O) groups excluding carboxylic acids is 1. The van der Waals surface area contributed by atoms with E-state index < -0.39 is 17.6 Å². The molecule has 1 amide bonds. The van der Waals surface area contributed by atoms with Crippen LogP contribution in [-0.2, 0) is 17.5 Å². The molecule has 0 atom stereocenters. The maximum absolute atomic E-state index is 13.3. The van der Waals surface area contributed by atoms with Crippen molar-refractivity contribution >= 4 is 45.9 Å². The monoisotopic (exact) mass is 483 g/mol. The number of fused-ring (bicyclic) bond motifs is 1. The third kappa shape index (κ3) is 5.83. The molecule has 3 rings (SSSR count). The fraction of sp³-hybridized carbons (Fsp3) is 0.318. The summed E-state index contributed by atoms with van der Waals surface area (Å²) in [5, 5.41) is 3.02. The minimum atomic E-state index is -4.67. The molecule has 32 heavy (non-hydrogen) atoms. The molecule has 0 unspecified atom stereocenters. The predicted octanol–water partition coefficient (Wildman–Crippen LogP) is 5.85. The summed E-state index contributed by atoms with van der Waals surface area (Å²) in [7, 11) is 0. The van der Waals surface area contributed by atoms with Crippen LogP contribution in [-0.4, -0.2) is 21.2 Å². The first-order valence-electron chi connectivity index (χ1n) is 9.85. The molecule has 0 aliphatic carbocycles. The van der Waals surface area contributed by atoms with E-state index in [0.29, 0.717) is 28.5 Å². The quantitative estimate of drug-likeness (QED) is 0.338. The highest BCUT2D eigenvalue weighted by Gasteiger charge is 2.34. The zero-order chi connectivity index (χ0) is 23.5. The first-order chi connectivity index (χ1) is 15.1. The van der Waals surface area contributed by atoms with Gasteiger partial charge < -0.3 is 5.32 Å². The van der Waals surface area contributed by atoms with E-state index in [1.54, 1.807) is 24.3 Å². The molecule has 10 heteroatoms. The number of hydrogen-bond donors (Lipinski definition) is 1. The Hall–Kier alpha value is -2.52. The van der Waals surface area contributed by atoms with Gasteiger partial charge in [0.1, 0.15) is 0 Å². The van der Waals surface area contributed by atoms with Gasteiger partial charge in [-0.2, -0.15) is 13.2 Å². The molecule has 0 bridgehead atoms. The van der Waals surface area contributed by atoms with Crippen LogP contribution >= 0.6 is 23.4 Å². The number of carbonyl (C=O) groups is 1. The average molecular weight is 484 g/mol. The number of nitrogens with one attached hydrogen (secondary N) is 1. The molecule has 0 spiro atoms. The number of anilines is 1. The zero-order valence-corrected chi connectivity index (χ0v) is 18.9. The lowest BCUT2D eigenvalue weighted by molar-refractivity contribution is -0.137. The zero-order valence-electron chi connectivity index (χ0n) is 17.4. The first-order valence-corrected chi connectivity index (χ1v) is 11.2. The largest absolute Gasteiger partial charge is 0.418 e. The van der Waals surface area contributed by atoms with Crippen LogP contribution < -0.4 is 10.9 Å². The Kier molecular flexibility index (Phi) is 7.51. The minimum absolute atomic E-state index is 0.0840. The molecule has 170 valence electrons. The summed E-state index contributed by atoms with van der Waals surface area (Å²) in [6.45, 7) is 4.49. The molecule has 1 aromatic heterocycles. The van der Waals surface area contributed by atoms with Crippen molar-refractivity contribution in [3.05, 3.63) is 63.4 Å². The van der Waals surface area contributed by atoms with E-state index in [9.17, 15) is 22.8 Å². The summed E-state index contributed by atoms with van der Waals surface area (Å²) in [5.74, 6) is -0.521. The van der Waals surface area contributed by atoms with E-state index in [2.05, 4.69) is 10.3 Å². The Morgan fingerprint density at radius 2 is 1.94 bits per heavy atom. The highest BCUT2D eigenvalue weighted by Crippen LogP contribution is 2.36. The van der Waals surface area contributed by atoms with Crippen LogP contribution in [0.2, 0.25) is 5.02 Å². The van der Waals surface area contributed by atoms with Crippen LogP contribution in [0, 0.1) is 5.92 Å². The molecular formula is C22H21ClF3N3O2S. The predicted molar refractivity (Wildman–Crippen MR) is 121 cm³/mol. The maximum atomic E-state index is 13.3. The lowest BCUT2D eigenvalue weighted by Crippen LogP contribution is -2.25. The minimum Gasteiger partial charge on any atom is -0.325 e. The lowest BCUT2D eigenvalue weighted by Gasteiger charge is -2.15. The second-order valence-electron chi connectivity index (χ2n) is 7.58. The number of thioether (sulfide) groups is 1. The van der Waals surface area contributed by atoms with Crippen molar-refractivity contribution in [2.24, 2.45) is 5.92 Å². The van der Waals surface area contributed by atoms with Gasteiger partial charge >= 0.3 is 6.18 Å². The van der Waals surface area contributed by atoms with Gasteiger partial charge in [-0.05, 0) is 42.7 Å². The van der Waals surface area contributed by atoms with Gasteiger partial charge in [0, 0.05) is 11.6 Å². The third-order valence-electron chi connectivity index (χ3n) is 4.65. The van der Waals surface area contributed by atoms with Gasteiger partial charge in [-0.15, -0.1) is 0 Å². The first kappa shape index (κ1) is 24.1. The molecule has 0 radical (unpaired) electrons. The molecule has 0 aliphatic heterocycles. The van der Waals surface area contributed by atoms with E-state index >= 15 is 0 Å².